The standard InChI is InChI=1S/C25H52O4Si/c1-5-6-7-8-9-10-11-12-13-14-15-16-17-18-19-20-25(26)28-23-21-27-22-24-29-30(2,3)4/h5-24H2,1-4H3. The molecule has 0 amide bonds. The first-order valence-corrected chi connectivity index (χ1v) is 16.2. The lowest BCUT2D eigenvalue weighted by molar-refractivity contribution is -0.145. The van der Waals surface area contributed by atoms with Crippen LogP contribution in [0.1, 0.15) is 110 Å². The van der Waals surface area contributed by atoms with Crippen LogP contribution in [0, 0.1) is 0 Å². The van der Waals surface area contributed by atoms with E-state index < -0.39 is 8.32 Å². The van der Waals surface area contributed by atoms with Crippen LogP contribution in [-0.2, 0) is 18.7 Å². The lowest BCUT2D eigenvalue weighted by atomic mass is 10.0. The predicted molar refractivity (Wildman–Crippen MR) is 131 cm³/mol. The minimum Gasteiger partial charge on any atom is -0.463 e. The molecule has 0 saturated heterocycles. The largest absolute Gasteiger partial charge is 0.463 e. The second kappa shape index (κ2) is 21.8. The van der Waals surface area contributed by atoms with Crippen LogP contribution in [0.25, 0.3) is 0 Å². The number of hydrogen-bond acceptors (Lipinski definition) is 4. The van der Waals surface area contributed by atoms with Gasteiger partial charge in [-0.15, -0.1) is 0 Å². The first-order chi connectivity index (χ1) is 14.5. The molecule has 0 rings (SSSR count). The second-order valence-electron chi connectivity index (χ2n) is 9.49. The van der Waals surface area contributed by atoms with Crippen molar-refractivity contribution in [1.29, 1.82) is 0 Å². The molecule has 0 aliphatic rings. The summed E-state index contributed by atoms with van der Waals surface area (Å²) in [7, 11) is -1.45. The Kier molecular flexibility index (Phi) is 21.5. The highest BCUT2D eigenvalue weighted by molar-refractivity contribution is 6.69. The van der Waals surface area contributed by atoms with Crippen molar-refractivity contribution in [3.63, 3.8) is 0 Å². The van der Waals surface area contributed by atoms with Gasteiger partial charge in [0.15, 0.2) is 8.32 Å². The van der Waals surface area contributed by atoms with Crippen LogP contribution in [0.3, 0.4) is 0 Å². The van der Waals surface area contributed by atoms with Crippen LogP contribution in [0.4, 0.5) is 0 Å². The molecule has 0 radical (unpaired) electrons. The molecule has 0 aliphatic carbocycles. The zero-order valence-corrected chi connectivity index (χ0v) is 21.8. The fourth-order valence-electron chi connectivity index (χ4n) is 3.44. The fraction of sp³-hybridized carbons (Fsp3) is 0.960. The van der Waals surface area contributed by atoms with E-state index in [9.17, 15) is 4.79 Å². The maximum Gasteiger partial charge on any atom is 0.305 e. The van der Waals surface area contributed by atoms with Crippen molar-refractivity contribution in [2.24, 2.45) is 0 Å². The van der Waals surface area contributed by atoms with Gasteiger partial charge >= 0.3 is 5.97 Å². The van der Waals surface area contributed by atoms with Crippen molar-refractivity contribution in [3.8, 4) is 0 Å². The fourth-order valence-corrected chi connectivity index (χ4v) is 4.13. The van der Waals surface area contributed by atoms with Gasteiger partial charge in [-0.2, -0.15) is 0 Å². The number of carbonyl (C=O) groups excluding carboxylic acids is 1. The van der Waals surface area contributed by atoms with Crippen LogP contribution in [0.15, 0.2) is 0 Å². The maximum atomic E-state index is 11.7. The predicted octanol–water partition coefficient (Wildman–Crippen LogP) is 7.66. The van der Waals surface area contributed by atoms with E-state index in [-0.39, 0.29) is 5.97 Å². The third-order valence-electron chi connectivity index (χ3n) is 5.24. The quantitative estimate of drug-likeness (QED) is 0.0921. The Balaban J connectivity index is 3.18. The summed E-state index contributed by atoms with van der Waals surface area (Å²) >= 11 is 0. The van der Waals surface area contributed by atoms with Gasteiger partial charge in [-0.1, -0.05) is 96.8 Å². The lowest BCUT2D eigenvalue weighted by Crippen LogP contribution is -2.27. The average Bonchev–Trinajstić information content (AvgIpc) is 2.69. The normalized spacial score (nSPS) is 11.7. The Morgan fingerprint density at radius 2 is 1.03 bits per heavy atom. The molecular weight excluding hydrogens is 392 g/mol. The Bertz CT molecular complexity index is 369. The highest BCUT2D eigenvalue weighted by Gasteiger charge is 2.13. The molecule has 5 heteroatoms. The van der Waals surface area contributed by atoms with E-state index in [0.717, 1.165) is 12.8 Å². The van der Waals surface area contributed by atoms with Gasteiger partial charge in [0.25, 0.3) is 0 Å². The zero-order chi connectivity index (χ0) is 22.3. The third kappa shape index (κ3) is 25.6. The molecule has 0 bridgehead atoms. The van der Waals surface area contributed by atoms with Crippen molar-refractivity contribution in [1.82, 2.24) is 0 Å². The van der Waals surface area contributed by atoms with Gasteiger partial charge in [-0.3, -0.25) is 4.79 Å². The van der Waals surface area contributed by atoms with Crippen LogP contribution in [0.2, 0.25) is 19.6 Å². The third-order valence-corrected chi connectivity index (χ3v) is 6.31. The minimum atomic E-state index is -1.45. The molecule has 0 N–H and O–H groups in total. The highest BCUT2D eigenvalue weighted by Crippen LogP contribution is 2.13. The van der Waals surface area contributed by atoms with Gasteiger partial charge in [0, 0.05) is 6.42 Å². The van der Waals surface area contributed by atoms with Gasteiger partial charge in [0.1, 0.15) is 6.61 Å². The Labute approximate surface area is 189 Å². The van der Waals surface area contributed by atoms with Gasteiger partial charge in [-0.05, 0) is 26.1 Å². The highest BCUT2D eigenvalue weighted by atomic mass is 28.4. The molecule has 0 aromatic carbocycles. The van der Waals surface area contributed by atoms with Crippen molar-refractivity contribution < 1.29 is 18.7 Å². The Morgan fingerprint density at radius 3 is 1.50 bits per heavy atom. The molecule has 0 heterocycles. The summed E-state index contributed by atoms with van der Waals surface area (Å²) in [6.07, 6.45) is 20.6. The number of hydrogen-bond donors (Lipinski definition) is 0. The van der Waals surface area contributed by atoms with E-state index in [1.165, 1.54) is 83.5 Å². The van der Waals surface area contributed by atoms with Crippen LogP contribution in [0.5, 0.6) is 0 Å². The summed E-state index contributed by atoms with van der Waals surface area (Å²) in [5.41, 5.74) is 0. The van der Waals surface area contributed by atoms with Crippen molar-refractivity contribution in [2.45, 2.75) is 129 Å². The summed E-state index contributed by atoms with van der Waals surface area (Å²) in [4.78, 5) is 11.7. The van der Waals surface area contributed by atoms with Crippen molar-refractivity contribution in [2.75, 3.05) is 26.4 Å². The van der Waals surface area contributed by atoms with E-state index >= 15 is 0 Å². The molecule has 4 nitrogen and oxygen atoms in total. The summed E-state index contributed by atoms with van der Waals surface area (Å²) in [6.45, 7) is 10.8. The van der Waals surface area contributed by atoms with E-state index in [2.05, 4.69) is 26.6 Å². The van der Waals surface area contributed by atoms with E-state index in [1.807, 2.05) is 0 Å². The molecule has 0 fully saturated rings. The molecule has 0 aromatic heterocycles. The number of ether oxygens (including phenoxy) is 2. The first-order valence-electron chi connectivity index (χ1n) is 12.8. The molecule has 0 unspecified atom stereocenters. The summed E-state index contributed by atoms with van der Waals surface area (Å²) in [6, 6.07) is 0. The molecule has 0 atom stereocenters. The van der Waals surface area contributed by atoms with Gasteiger partial charge in [0.2, 0.25) is 0 Å². The average molecular weight is 445 g/mol. The summed E-state index contributed by atoms with van der Waals surface area (Å²) in [5.74, 6) is -0.0911. The van der Waals surface area contributed by atoms with Gasteiger partial charge in [-0.25, -0.2) is 0 Å². The van der Waals surface area contributed by atoms with E-state index in [1.54, 1.807) is 0 Å². The Hall–Kier alpha value is -0.393. The molecule has 0 aliphatic heterocycles. The van der Waals surface area contributed by atoms with E-state index in [0.29, 0.717) is 32.8 Å². The second-order valence-corrected chi connectivity index (χ2v) is 14.0. The topological polar surface area (TPSA) is 44.8 Å². The number of esters is 1. The number of rotatable bonds is 23. The molecular formula is C25H52O4Si. The monoisotopic (exact) mass is 444 g/mol. The van der Waals surface area contributed by atoms with Crippen LogP contribution < -0.4 is 0 Å². The zero-order valence-electron chi connectivity index (χ0n) is 20.8. The van der Waals surface area contributed by atoms with Crippen molar-refractivity contribution >= 4 is 14.3 Å². The van der Waals surface area contributed by atoms with Crippen molar-refractivity contribution in [3.05, 3.63) is 0 Å². The SMILES string of the molecule is CCCCCCCCCCCCCCCCCC(=O)OCCOCCO[Si](C)(C)C. The van der Waals surface area contributed by atoms with E-state index in [4.69, 9.17) is 13.9 Å². The smallest absolute Gasteiger partial charge is 0.305 e. The summed E-state index contributed by atoms with van der Waals surface area (Å²) in [5, 5.41) is 0. The molecule has 0 spiro atoms. The number of unbranched alkanes of at least 4 members (excludes halogenated alkanes) is 14. The molecule has 180 valence electrons. The van der Waals surface area contributed by atoms with Crippen LogP contribution in [-0.4, -0.2) is 40.7 Å². The summed E-state index contributed by atoms with van der Waals surface area (Å²) < 4.78 is 16.3. The van der Waals surface area contributed by atoms with Crippen LogP contribution >= 0.6 is 0 Å². The molecule has 0 aromatic rings. The van der Waals surface area contributed by atoms with Gasteiger partial charge in [0.05, 0.1) is 19.8 Å². The first kappa shape index (κ1) is 29.6. The maximum absolute atomic E-state index is 11.7. The minimum absolute atomic E-state index is 0.0911. The van der Waals surface area contributed by atoms with Gasteiger partial charge < -0.3 is 13.9 Å². The molecule has 0 saturated carbocycles. The number of carbonyl (C=O) groups is 1. The molecule has 30 heavy (non-hydrogen) atoms. The lowest BCUT2D eigenvalue weighted by Gasteiger charge is -2.16. The Morgan fingerprint density at radius 1 is 0.600 bits per heavy atom.